The van der Waals surface area contributed by atoms with Crippen molar-refractivity contribution >= 4 is 11.6 Å². The second-order valence-corrected chi connectivity index (χ2v) is 3.43. The molecule has 0 heterocycles. The zero-order chi connectivity index (χ0) is 13.1. The topological polar surface area (TPSA) is 29.1 Å². The summed E-state index contributed by atoms with van der Waals surface area (Å²) in [5, 5.41) is 1.75. The van der Waals surface area contributed by atoms with Gasteiger partial charge in [0.1, 0.15) is 0 Å². The Hall–Kier alpha value is -1.59. The Balaban J connectivity index is 2.74. The van der Waals surface area contributed by atoms with E-state index in [4.69, 9.17) is 0 Å². The number of carbonyl (C=O) groups excluding carboxylic acids is 1. The number of benzene rings is 1. The first kappa shape index (κ1) is 13.5. The van der Waals surface area contributed by atoms with Crippen molar-refractivity contribution in [2.24, 2.45) is 0 Å². The number of hydrogen-bond acceptors (Lipinski definition) is 1. The van der Waals surface area contributed by atoms with Crippen molar-refractivity contribution in [2.45, 2.75) is 25.7 Å². The van der Waals surface area contributed by atoms with Crippen LogP contribution in [0.15, 0.2) is 24.3 Å². The highest BCUT2D eigenvalue weighted by molar-refractivity contribution is 5.96. The molecule has 0 saturated heterocycles. The first-order chi connectivity index (χ1) is 7.87. The number of rotatable bonds is 4. The van der Waals surface area contributed by atoms with Gasteiger partial charge in [-0.3, -0.25) is 4.79 Å². The lowest BCUT2D eigenvalue weighted by atomic mass is 10.1. The third kappa shape index (κ3) is 3.18. The summed E-state index contributed by atoms with van der Waals surface area (Å²) in [4.78, 5) is 10.9. The molecule has 0 spiro atoms. The predicted molar refractivity (Wildman–Crippen MR) is 55.4 cm³/mol. The molecule has 0 unspecified atom stereocenters. The molecule has 17 heavy (non-hydrogen) atoms. The second-order valence-electron chi connectivity index (χ2n) is 3.43. The van der Waals surface area contributed by atoms with Crippen LogP contribution < -0.4 is 5.32 Å². The van der Waals surface area contributed by atoms with Gasteiger partial charge in [-0.1, -0.05) is 19.1 Å². The highest BCUT2D eigenvalue weighted by Gasteiger charge is 2.48. The molecule has 0 aliphatic heterocycles. The average Bonchev–Trinajstić information content (AvgIpc) is 2.29. The molecule has 0 saturated carbocycles. The van der Waals surface area contributed by atoms with Gasteiger partial charge >= 0.3 is 18.3 Å². The number of amides is 1. The third-order valence-electron chi connectivity index (χ3n) is 2.20. The van der Waals surface area contributed by atoms with Crippen LogP contribution in [0, 0.1) is 0 Å². The summed E-state index contributed by atoms with van der Waals surface area (Å²) in [5.74, 6) is -6.68. The minimum absolute atomic E-state index is 0.0625. The van der Waals surface area contributed by atoms with Crippen molar-refractivity contribution < 1.29 is 22.4 Å². The van der Waals surface area contributed by atoms with E-state index in [9.17, 15) is 22.4 Å². The molecule has 0 bridgehead atoms. The van der Waals surface area contributed by atoms with Crippen LogP contribution in [0.3, 0.4) is 0 Å². The maximum absolute atomic E-state index is 12.6. The molecule has 0 aliphatic rings. The first-order valence-electron chi connectivity index (χ1n) is 4.94. The van der Waals surface area contributed by atoms with Crippen molar-refractivity contribution in [3.05, 3.63) is 29.8 Å². The van der Waals surface area contributed by atoms with Crippen LogP contribution in [0.2, 0.25) is 0 Å². The lowest BCUT2D eigenvalue weighted by Gasteiger charge is -2.14. The van der Waals surface area contributed by atoms with Gasteiger partial charge in [-0.25, -0.2) is 8.78 Å². The van der Waals surface area contributed by atoms with E-state index < -0.39 is 18.3 Å². The van der Waals surface area contributed by atoms with Crippen molar-refractivity contribution in [3.8, 4) is 0 Å². The van der Waals surface area contributed by atoms with E-state index in [1.165, 1.54) is 12.1 Å². The lowest BCUT2D eigenvalue weighted by molar-refractivity contribution is -0.163. The van der Waals surface area contributed by atoms with Crippen LogP contribution in [-0.4, -0.2) is 18.3 Å². The summed E-state index contributed by atoms with van der Waals surface area (Å²) in [6.45, 7) is 1.90. The van der Waals surface area contributed by atoms with Crippen molar-refractivity contribution in [1.82, 2.24) is 0 Å². The second kappa shape index (κ2) is 5.16. The summed E-state index contributed by atoms with van der Waals surface area (Å²) in [6.07, 6.45) is -3.26. The zero-order valence-corrected chi connectivity index (χ0v) is 9.01. The number of hydrogen-bond donors (Lipinski definition) is 1. The third-order valence-corrected chi connectivity index (χ3v) is 2.20. The van der Waals surface area contributed by atoms with Gasteiger partial charge < -0.3 is 5.32 Å². The van der Waals surface area contributed by atoms with Gasteiger partial charge in [-0.15, -0.1) is 0 Å². The summed E-state index contributed by atoms with van der Waals surface area (Å²) in [5.41, 5.74) is 1.01. The van der Waals surface area contributed by atoms with Crippen LogP contribution >= 0.6 is 0 Å². The van der Waals surface area contributed by atoms with Gasteiger partial charge in [0.05, 0.1) is 0 Å². The highest BCUT2D eigenvalue weighted by atomic mass is 19.3. The van der Waals surface area contributed by atoms with E-state index in [0.717, 1.165) is 12.0 Å². The van der Waals surface area contributed by atoms with Gasteiger partial charge in [0, 0.05) is 5.69 Å². The van der Waals surface area contributed by atoms with E-state index in [1.807, 2.05) is 6.92 Å². The van der Waals surface area contributed by atoms with Crippen LogP contribution in [0.1, 0.15) is 12.5 Å². The predicted octanol–water partition coefficient (Wildman–Crippen LogP) is 3.09. The average molecular weight is 249 g/mol. The number of halogens is 4. The van der Waals surface area contributed by atoms with Gasteiger partial charge in [-0.05, 0) is 24.1 Å². The molecule has 0 atom stereocenters. The van der Waals surface area contributed by atoms with E-state index in [-0.39, 0.29) is 5.69 Å². The molecule has 1 rings (SSSR count). The fraction of sp³-hybridized carbons (Fsp3) is 0.364. The maximum Gasteiger partial charge on any atom is 0.383 e. The molecule has 0 radical (unpaired) electrons. The number of alkyl halides is 4. The Bertz CT molecular complexity index is 389. The molecule has 1 aromatic rings. The summed E-state index contributed by atoms with van der Waals surface area (Å²) in [6, 6.07) is 6.02. The highest BCUT2D eigenvalue weighted by Crippen LogP contribution is 2.24. The Labute approximate surface area is 95.6 Å². The zero-order valence-electron chi connectivity index (χ0n) is 9.01. The Morgan fingerprint density at radius 3 is 2.24 bits per heavy atom. The van der Waals surface area contributed by atoms with E-state index in [2.05, 4.69) is 0 Å². The Morgan fingerprint density at radius 2 is 1.82 bits per heavy atom. The van der Waals surface area contributed by atoms with Crippen LogP contribution in [-0.2, 0) is 11.2 Å². The monoisotopic (exact) mass is 249 g/mol. The molecule has 0 fully saturated rings. The molecule has 2 nitrogen and oxygen atoms in total. The largest absolute Gasteiger partial charge is 0.383 e. The maximum atomic E-state index is 12.6. The Kier molecular flexibility index (Phi) is 4.09. The Morgan fingerprint density at radius 1 is 1.29 bits per heavy atom. The number of nitrogens with one attached hydrogen (secondary N) is 1. The van der Waals surface area contributed by atoms with Crippen molar-refractivity contribution in [1.29, 1.82) is 0 Å². The summed E-state index contributed by atoms with van der Waals surface area (Å²) < 4.78 is 49.0. The summed E-state index contributed by atoms with van der Waals surface area (Å²) >= 11 is 0. The van der Waals surface area contributed by atoms with Gasteiger partial charge in [0.15, 0.2) is 0 Å². The SMILES string of the molecule is CCc1ccc(NC(=O)C(F)(F)C(F)F)cc1. The van der Waals surface area contributed by atoms with Gasteiger partial charge in [0.25, 0.3) is 0 Å². The lowest BCUT2D eigenvalue weighted by Crippen LogP contribution is -2.40. The van der Waals surface area contributed by atoms with Crippen LogP contribution in [0.5, 0.6) is 0 Å². The molecule has 1 amide bonds. The molecular weight excluding hydrogens is 238 g/mol. The van der Waals surface area contributed by atoms with Gasteiger partial charge in [0.2, 0.25) is 0 Å². The molecule has 1 aromatic carbocycles. The fourth-order valence-corrected chi connectivity index (χ4v) is 1.14. The molecule has 6 heteroatoms. The fourth-order valence-electron chi connectivity index (χ4n) is 1.14. The number of carbonyl (C=O) groups is 1. The first-order valence-corrected chi connectivity index (χ1v) is 4.94. The van der Waals surface area contributed by atoms with Crippen LogP contribution in [0.4, 0.5) is 23.2 Å². The van der Waals surface area contributed by atoms with E-state index >= 15 is 0 Å². The smallest absolute Gasteiger partial charge is 0.321 e. The molecule has 0 aliphatic carbocycles. The molecule has 94 valence electrons. The minimum atomic E-state index is -4.68. The standard InChI is InChI=1S/C11H11F4NO/c1-2-7-3-5-8(6-4-7)16-10(17)11(14,15)9(12)13/h3-6,9H,2H2,1H3,(H,16,17). The number of anilines is 1. The molecule has 1 N–H and O–H groups in total. The van der Waals surface area contributed by atoms with Gasteiger partial charge in [-0.2, -0.15) is 8.78 Å². The summed E-state index contributed by atoms with van der Waals surface area (Å²) in [7, 11) is 0. The van der Waals surface area contributed by atoms with Crippen molar-refractivity contribution in [2.75, 3.05) is 5.32 Å². The van der Waals surface area contributed by atoms with Crippen molar-refractivity contribution in [3.63, 3.8) is 0 Å². The molecule has 0 aromatic heterocycles. The minimum Gasteiger partial charge on any atom is -0.321 e. The van der Waals surface area contributed by atoms with Crippen LogP contribution in [0.25, 0.3) is 0 Å². The van der Waals surface area contributed by atoms with E-state index in [0.29, 0.717) is 0 Å². The quantitative estimate of drug-likeness (QED) is 0.816. The molecular formula is C11H11F4NO. The normalized spacial score (nSPS) is 11.6. The number of aryl methyl sites for hydroxylation is 1. The van der Waals surface area contributed by atoms with E-state index in [1.54, 1.807) is 17.4 Å².